The van der Waals surface area contributed by atoms with Gasteiger partial charge in [-0.25, -0.2) is 9.97 Å². The summed E-state index contributed by atoms with van der Waals surface area (Å²) in [5, 5.41) is 31.5. The second-order valence-corrected chi connectivity index (χ2v) is 12.9. The molecule has 6 heterocycles. The van der Waals surface area contributed by atoms with Gasteiger partial charge in [0, 0.05) is 11.2 Å². The fourth-order valence-corrected chi connectivity index (χ4v) is 7.60. The van der Waals surface area contributed by atoms with Crippen molar-refractivity contribution in [3.05, 3.63) is 29.1 Å². The third-order valence-corrected chi connectivity index (χ3v) is 9.75. The Morgan fingerprint density at radius 2 is 1.70 bits per heavy atom. The van der Waals surface area contributed by atoms with Gasteiger partial charge in [0.15, 0.2) is 46.7 Å². The molecule has 4 aromatic rings. The number of fused-ring (bicyclic) bond motifs is 2. The maximum atomic E-state index is 13.9. The molecule has 2 aliphatic rings. The summed E-state index contributed by atoms with van der Waals surface area (Å²) in [6.45, 7) is -1.34. The summed E-state index contributed by atoms with van der Waals surface area (Å²) >= 11 is 0. The number of aliphatic hydroxyl groups is 3. The fourth-order valence-electron chi connectivity index (χ4n) is 5.49. The number of anilines is 2. The molecule has 0 spiro atoms. The lowest BCUT2D eigenvalue weighted by atomic mass is 10.1. The largest absolute Gasteiger partial charge is 0.695 e. The number of aromatic amines is 1. The molecule has 25 heteroatoms. The minimum atomic E-state index is -5.03. The van der Waals surface area contributed by atoms with E-state index in [1.807, 2.05) is 0 Å². The zero-order valence-electron chi connectivity index (χ0n) is 23.0. The Hall–Kier alpha value is -3.60. The second kappa shape index (κ2) is 12.2. The van der Waals surface area contributed by atoms with E-state index < -0.39 is 89.3 Å². The monoisotopic (exact) mass is 691 g/mol. The molecule has 2 saturated heterocycles. The first-order valence-electron chi connectivity index (χ1n) is 13.3. The molecule has 0 aromatic carbocycles. The lowest BCUT2D eigenvalue weighted by Crippen LogP contribution is -2.36. The van der Waals surface area contributed by atoms with Gasteiger partial charge in [-0.15, -0.1) is 9.42 Å². The van der Waals surface area contributed by atoms with Crippen molar-refractivity contribution in [1.82, 2.24) is 39.0 Å². The zero-order valence-corrected chi connectivity index (χ0v) is 24.8. The number of hydrogen-bond donors (Lipinski definition) is 8. The van der Waals surface area contributed by atoms with E-state index in [-0.39, 0.29) is 40.5 Å². The molecule has 2 aliphatic heterocycles. The third kappa shape index (κ3) is 5.65. The number of rotatable bonds is 10. The van der Waals surface area contributed by atoms with E-state index in [1.54, 1.807) is 0 Å². The maximum absolute atomic E-state index is 13.9. The summed E-state index contributed by atoms with van der Waals surface area (Å²) in [7, 11) is -8.38. The standard InChI is InChI=1S/C21H25FN10O12P2/c22-20-27-14(23)8-15(28-20)31(4-25-8)18-11(35)12(44-45(37)38)7(43-18)3-41-46(39,40)13-10(34)6(1-2-33)42-19(13)32-5-26-9-16(32)29-21(24)30-17(9)36/h4-7,10-13,18-19,33-35H,1-3H2,(H6-,23,24,27,28,29,30,36,37,38,39,40)/p+1/t6-,7-,10-,11-,12-,13-,18-,19-/m1/s1. The molecule has 0 saturated carbocycles. The SMILES string of the molecule is Nc1nc2c(ncn2[C@@H]2O[C@H](CCO)[C@@H](O)[C@H]2P(=O)(O)OC[C@H]2O[C@@H](n3cnc4c(N)nc(F)nc43)[C@H](O)[C@@H]2O[P+](=O)O)c(=O)[nH]1. The molecule has 0 bridgehead atoms. The first-order valence-corrected chi connectivity index (χ1v) is 16.0. The van der Waals surface area contributed by atoms with Gasteiger partial charge >= 0.3 is 21.9 Å². The van der Waals surface area contributed by atoms with Crippen molar-refractivity contribution in [3.63, 3.8) is 0 Å². The molecular weight excluding hydrogens is 665 g/mol. The van der Waals surface area contributed by atoms with E-state index in [4.69, 9.17) is 30.0 Å². The van der Waals surface area contributed by atoms with Crippen LogP contribution in [0.4, 0.5) is 16.2 Å². The van der Waals surface area contributed by atoms with Crippen molar-refractivity contribution < 1.29 is 57.1 Å². The van der Waals surface area contributed by atoms with Crippen LogP contribution in [0.1, 0.15) is 18.9 Å². The summed E-state index contributed by atoms with van der Waals surface area (Å²) < 4.78 is 63.4. The zero-order chi connectivity index (χ0) is 33.1. The molecule has 6 rings (SSSR count). The Balaban J connectivity index is 1.30. The van der Waals surface area contributed by atoms with Crippen LogP contribution in [0.3, 0.4) is 0 Å². The van der Waals surface area contributed by atoms with Gasteiger partial charge < -0.3 is 45.7 Å². The minimum absolute atomic E-state index is 0.0496. The minimum Gasteiger partial charge on any atom is -0.396 e. The van der Waals surface area contributed by atoms with Gasteiger partial charge in [0.2, 0.25) is 5.95 Å². The van der Waals surface area contributed by atoms with Gasteiger partial charge in [-0.1, -0.05) is 0 Å². The lowest BCUT2D eigenvalue weighted by molar-refractivity contribution is -0.0488. The molecular formula is C21H26FN10O12P2+. The predicted molar refractivity (Wildman–Crippen MR) is 148 cm³/mol. The highest BCUT2D eigenvalue weighted by Gasteiger charge is 2.56. The average molecular weight is 691 g/mol. The van der Waals surface area contributed by atoms with Gasteiger partial charge in [-0.2, -0.15) is 19.3 Å². The van der Waals surface area contributed by atoms with E-state index in [9.17, 15) is 43.4 Å². The number of nitrogens with one attached hydrogen (secondary N) is 1. The Bertz CT molecular complexity index is 1910. The highest BCUT2D eigenvalue weighted by atomic mass is 31.2. The quantitative estimate of drug-likeness (QED) is 0.0644. The van der Waals surface area contributed by atoms with Gasteiger partial charge in [-0.05, 0) is 6.42 Å². The number of nitrogen functional groups attached to an aromatic ring is 2. The summed E-state index contributed by atoms with van der Waals surface area (Å²) in [6.07, 6.45) is -10.1. The van der Waals surface area contributed by atoms with Crippen molar-refractivity contribution in [2.75, 3.05) is 24.7 Å². The number of ether oxygens (including phenoxy) is 2. The van der Waals surface area contributed by atoms with Crippen LogP contribution in [0.15, 0.2) is 17.4 Å². The Morgan fingerprint density at radius 3 is 2.39 bits per heavy atom. The number of H-pyrrole nitrogens is 1. The van der Waals surface area contributed by atoms with Crippen molar-refractivity contribution in [2.24, 2.45) is 0 Å². The number of nitrogens with zero attached hydrogens (tertiary/aromatic N) is 7. The molecule has 4 aromatic heterocycles. The van der Waals surface area contributed by atoms with Gasteiger partial charge in [-0.3, -0.25) is 23.5 Å². The highest BCUT2D eigenvalue weighted by Crippen LogP contribution is 2.58. The van der Waals surface area contributed by atoms with Gasteiger partial charge in [0.25, 0.3) is 5.56 Å². The first kappa shape index (κ1) is 32.3. The van der Waals surface area contributed by atoms with E-state index >= 15 is 0 Å². The predicted octanol–water partition coefficient (Wildman–Crippen LogP) is -2.23. The molecule has 0 radical (unpaired) electrons. The van der Waals surface area contributed by atoms with Crippen LogP contribution in [-0.2, 0) is 27.7 Å². The number of halogens is 1. The van der Waals surface area contributed by atoms with Gasteiger partial charge in [0.1, 0.15) is 17.9 Å². The summed E-state index contributed by atoms with van der Waals surface area (Å²) in [5.74, 6) is -0.618. The Labute approximate surface area is 255 Å². The Morgan fingerprint density at radius 1 is 1.04 bits per heavy atom. The summed E-state index contributed by atoms with van der Waals surface area (Å²) in [5.41, 5.74) is 8.26. The molecule has 10 atom stereocenters. The van der Waals surface area contributed by atoms with Gasteiger partial charge in [0.05, 0.1) is 31.5 Å². The van der Waals surface area contributed by atoms with E-state index in [1.165, 1.54) is 0 Å². The summed E-state index contributed by atoms with van der Waals surface area (Å²) in [4.78, 5) is 54.1. The van der Waals surface area contributed by atoms with Crippen LogP contribution in [-0.4, -0.2) is 114 Å². The van der Waals surface area contributed by atoms with Crippen LogP contribution in [0.5, 0.6) is 0 Å². The van der Waals surface area contributed by atoms with Crippen LogP contribution in [0.2, 0.25) is 0 Å². The maximum Gasteiger partial charge on any atom is 0.695 e. The molecule has 0 aliphatic carbocycles. The van der Waals surface area contributed by atoms with Crippen LogP contribution < -0.4 is 17.0 Å². The summed E-state index contributed by atoms with van der Waals surface area (Å²) in [6, 6.07) is 0. The van der Waals surface area contributed by atoms with E-state index in [0.717, 1.165) is 21.8 Å². The second-order valence-electron chi connectivity index (χ2n) is 10.3. The number of aromatic nitrogens is 8. The first-order chi connectivity index (χ1) is 21.8. The third-order valence-electron chi connectivity index (χ3n) is 7.49. The molecule has 2 fully saturated rings. The number of imidazole rings is 2. The lowest BCUT2D eigenvalue weighted by Gasteiger charge is -2.27. The Kier molecular flexibility index (Phi) is 8.58. The van der Waals surface area contributed by atoms with Crippen LogP contribution >= 0.6 is 15.9 Å². The molecule has 248 valence electrons. The van der Waals surface area contributed by atoms with Crippen molar-refractivity contribution in [3.8, 4) is 0 Å². The number of nitrogens with two attached hydrogens (primary N) is 2. The molecule has 22 nitrogen and oxygen atoms in total. The normalized spacial score (nSPS) is 29.9. The van der Waals surface area contributed by atoms with Crippen LogP contribution in [0, 0.1) is 6.08 Å². The number of hydrogen-bond acceptors (Lipinski definition) is 17. The molecule has 10 N–H and O–H groups in total. The number of aliphatic hydroxyl groups excluding tert-OH is 3. The van der Waals surface area contributed by atoms with Crippen molar-refractivity contribution in [1.29, 1.82) is 0 Å². The average Bonchev–Trinajstić information content (AvgIpc) is 3.73. The van der Waals surface area contributed by atoms with Crippen molar-refractivity contribution in [2.45, 2.75) is 55.1 Å². The van der Waals surface area contributed by atoms with Crippen LogP contribution in [0.25, 0.3) is 22.3 Å². The van der Waals surface area contributed by atoms with Crippen molar-refractivity contribution >= 4 is 49.9 Å². The fraction of sp³-hybridized carbons (Fsp3) is 0.524. The highest BCUT2D eigenvalue weighted by molar-refractivity contribution is 7.53. The molecule has 0 amide bonds. The smallest absolute Gasteiger partial charge is 0.396 e. The topological polar surface area (TPSA) is 331 Å². The molecule has 2 unspecified atom stereocenters. The van der Waals surface area contributed by atoms with E-state index in [0.29, 0.717) is 0 Å². The van der Waals surface area contributed by atoms with E-state index in [2.05, 4.69) is 29.9 Å². The molecule has 46 heavy (non-hydrogen) atoms.